The summed E-state index contributed by atoms with van der Waals surface area (Å²) in [5.74, 6) is 0.665. The molecule has 4 aromatic rings. The minimum atomic E-state index is -0.292. The molecular weight excluding hydrogens is 331 g/mol. The molecule has 3 heterocycles. The van der Waals surface area contributed by atoms with E-state index in [1.807, 2.05) is 12.1 Å². The van der Waals surface area contributed by atoms with Crippen LogP contribution in [0, 0.1) is 5.82 Å². The molecular formula is C19H15FN6. The molecule has 7 heteroatoms. The summed E-state index contributed by atoms with van der Waals surface area (Å²) < 4.78 is 16.5. The molecule has 2 N–H and O–H groups in total. The zero-order valence-corrected chi connectivity index (χ0v) is 13.8. The van der Waals surface area contributed by atoms with Crippen LogP contribution in [0.2, 0.25) is 0 Å². The molecule has 0 bridgehead atoms. The van der Waals surface area contributed by atoms with Crippen LogP contribution in [-0.2, 0) is 0 Å². The fraction of sp³-hybridized carbons (Fsp3) is 0.158. The molecule has 0 aliphatic heterocycles. The van der Waals surface area contributed by atoms with E-state index in [9.17, 15) is 4.39 Å². The van der Waals surface area contributed by atoms with Crippen molar-refractivity contribution in [3.05, 3.63) is 54.7 Å². The Kier molecular flexibility index (Phi) is 3.21. The van der Waals surface area contributed by atoms with Gasteiger partial charge in [0.05, 0.1) is 6.20 Å². The molecule has 6 nitrogen and oxygen atoms in total. The Morgan fingerprint density at radius 3 is 2.65 bits per heavy atom. The van der Waals surface area contributed by atoms with E-state index in [-0.39, 0.29) is 11.8 Å². The summed E-state index contributed by atoms with van der Waals surface area (Å²) in [6, 6.07) is 8.86. The van der Waals surface area contributed by atoms with Gasteiger partial charge in [0.15, 0.2) is 5.65 Å². The van der Waals surface area contributed by atoms with Gasteiger partial charge in [-0.05, 0) is 25.0 Å². The summed E-state index contributed by atoms with van der Waals surface area (Å²) in [5, 5.41) is 0. The third kappa shape index (κ3) is 2.32. The Bertz CT molecular complexity index is 1130. The fourth-order valence-corrected chi connectivity index (χ4v) is 3.26. The molecule has 5 rings (SSSR count). The first kappa shape index (κ1) is 14.9. The van der Waals surface area contributed by atoms with Crippen molar-refractivity contribution >= 4 is 17.1 Å². The largest absolute Gasteiger partial charge is 0.368 e. The van der Waals surface area contributed by atoms with Gasteiger partial charge in [-0.1, -0.05) is 18.2 Å². The van der Waals surface area contributed by atoms with Crippen molar-refractivity contribution in [1.29, 1.82) is 0 Å². The van der Waals surface area contributed by atoms with E-state index in [4.69, 9.17) is 10.7 Å². The van der Waals surface area contributed by atoms with Crippen LogP contribution in [0.3, 0.4) is 0 Å². The van der Waals surface area contributed by atoms with Crippen molar-refractivity contribution in [2.45, 2.75) is 18.9 Å². The Hall–Kier alpha value is -3.35. The standard InChI is InChI=1S/C19H15FN6/c20-15-4-2-1-3-12(15)14-9-22-8-7-13(14)17-24-16-10-23-19(21)25-18(16)26(17)11-5-6-11/h1-4,7-11H,5-6H2,(H2,21,23,25). The second-order valence-electron chi connectivity index (χ2n) is 6.37. The molecule has 1 aromatic carbocycles. The van der Waals surface area contributed by atoms with E-state index in [0.29, 0.717) is 28.3 Å². The number of benzene rings is 1. The normalized spacial score (nSPS) is 14.0. The van der Waals surface area contributed by atoms with Crippen LogP contribution in [0.4, 0.5) is 10.3 Å². The number of pyridine rings is 1. The Morgan fingerprint density at radius 2 is 1.85 bits per heavy atom. The van der Waals surface area contributed by atoms with E-state index < -0.39 is 0 Å². The topological polar surface area (TPSA) is 82.5 Å². The minimum Gasteiger partial charge on any atom is -0.368 e. The number of nitrogens with zero attached hydrogens (tertiary/aromatic N) is 5. The lowest BCUT2D eigenvalue weighted by molar-refractivity contribution is 0.631. The number of imidazole rings is 1. The predicted octanol–water partition coefficient (Wildman–Crippen LogP) is 3.61. The zero-order valence-electron chi connectivity index (χ0n) is 13.8. The molecule has 1 fully saturated rings. The van der Waals surface area contributed by atoms with Gasteiger partial charge in [0.1, 0.15) is 17.2 Å². The van der Waals surface area contributed by atoms with Gasteiger partial charge in [-0.3, -0.25) is 4.98 Å². The molecule has 0 radical (unpaired) electrons. The highest BCUT2D eigenvalue weighted by Crippen LogP contribution is 2.42. The first-order valence-electron chi connectivity index (χ1n) is 8.42. The van der Waals surface area contributed by atoms with Gasteiger partial charge >= 0.3 is 0 Å². The fourth-order valence-electron chi connectivity index (χ4n) is 3.26. The second-order valence-corrected chi connectivity index (χ2v) is 6.37. The van der Waals surface area contributed by atoms with Crippen molar-refractivity contribution < 1.29 is 4.39 Å². The molecule has 1 saturated carbocycles. The monoisotopic (exact) mass is 346 g/mol. The quantitative estimate of drug-likeness (QED) is 0.613. The van der Waals surface area contributed by atoms with Crippen molar-refractivity contribution in [3.8, 4) is 22.5 Å². The first-order chi connectivity index (χ1) is 12.7. The number of rotatable bonds is 3. The summed E-state index contributed by atoms with van der Waals surface area (Å²) in [7, 11) is 0. The highest BCUT2D eigenvalue weighted by molar-refractivity contribution is 5.85. The van der Waals surface area contributed by atoms with Crippen molar-refractivity contribution in [2.24, 2.45) is 0 Å². The molecule has 1 aliphatic carbocycles. The number of fused-ring (bicyclic) bond motifs is 1. The van der Waals surface area contributed by atoms with Gasteiger partial charge in [0.2, 0.25) is 5.95 Å². The Morgan fingerprint density at radius 1 is 1.00 bits per heavy atom. The lowest BCUT2D eigenvalue weighted by Gasteiger charge is -2.12. The average molecular weight is 346 g/mol. The summed E-state index contributed by atoms with van der Waals surface area (Å²) in [6.07, 6.45) is 7.11. The smallest absolute Gasteiger partial charge is 0.222 e. The molecule has 0 saturated heterocycles. The maximum Gasteiger partial charge on any atom is 0.222 e. The molecule has 128 valence electrons. The summed E-state index contributed by atoms with van der Waals surface area (Å²) in [6.45, 7) is 0. The number of hydrogen-bond acceptors (Lipinski definition) is 5. The molecule has 1 aliphatic rings. The van der Waals surface area contributed by atoms with Gasteiger partial charge in [0, 0.05) is 35.1 Å². The molecule has 3 aromatic heterocycles. The van der Waals surface area contributed by atoms with Gasteiger partial charge in [0.25, 0.3) is 0 Å². The van der Waals surface area contributed by atoms with Crippen molar-refractivity contribution in [2.75, 3.05) is 5.73 Å². The molecule has 0 unspecified atom stereocenters. The van der Waals surface area contributed by atoms with Crippen LogP contribution in [0.15, 0.2) is 48.9 Å². The predicted molar refractivity (Wildman–Crippen MR) is 96.6 cm³/mol. The molecule has 0 amide bonds. The van der Waals surface area contributed by atoms with E-state index in [1.54, 1.807) is 30.7 Å². The molecule has 0 atom stereocenters. The van der Waals surface area contributed by atoms with Crippen molar-refractivity contribution in [3.63, 3.8) is 0 Å². The van der Waals surface area contributed by atoms with Crippen LogP contribution < -0.4 is 5.73 Å². The van der Waals surface area contributed by atoms with Crippen LogP contribution in [0.1, 0.15) is 18.9 Å². The van der Waals surface area contributed by atoms with Gasteiger partial charge < -0.3 is 10.3 Å². The highest BCUT2D eigenvalue weighted by atomic mass is 19.1. The van der Waals surface area contributed by atoms with E-state index in [2.05, 4.69) is 19.5 Å². The van der Waals surface area contributed by atoms with E-state index in [1.165, 1.54) is 6.07 Å². The van der Waals surface area contributed by atoms with Gasteiger partial charge in [-0.15, -0.1) is 0 Å². The highest BCUT2D eigenvalue weighted by Gasteiger charge is 2.30. The van der Waals surface area contributed by atoms with Crippen LogP contribution in [0.25, 0.3) is 33.7 Å². The van der Waals surface area contributed by atoms with Crippen LogP contribution in [0.5, 0.6) is 0 Å². The van der Waals surface area contributed by atoms with Crippen molar-refractivity contribution in [1.82, 2.24) is 24.5 Å². The first-order valence-corrected chi connectivity index (χ1v) is 8.42. The third-order valence-corrected chi connectivity index (χ3v) is 4.59. The second kappa shape index (κ2) is 5.59. The zero-order chi connectivity index (χ0) is 17.7. The summed E-state index contributed by atoms with van der Waals surface area (Å²) in [4.78, 5) is 17.4. The molecule has 26 heavy (non-hydrogen) atoms. The van der Waals surface area contributed by atoms with Gasteiger partial charge in [-0.25, -0.2) is 14.4 Å². The van der Waals surface area contributed by atoms with Gasteiger partial charge in [-0.2, -0.15) is 4.98 Å². The van der Waals surface area contributed by atoms with E-state index >= 15 is 0 Å². The maximum absolute atomic E-state index is 14.4. The number of nitrogen functional groups attached to an aromatic ring is 1. The Labute approximate surface area is 148 Å². The number of anilines is 1. The third-order valence-electron chi connectivity index (χ3n) is 4.59. The minimum absolute atomic E-state index is 0.218. The average Bonchev–Trinajstić information content (AvgIpc) is 3.42. The molecule has 0 spiro atoms. The number of halogens is 1. The lowest BCUT2D eigenvalue weighted by Crippen LogP contribution is -2.02. The SMILES string of the molecule is Nc1ncc2nc(-c3ccncc3-c3ccccc3F)n(C3CC3)c2n1. The number of hydrogen-bond donors (Lipinski definition) is 1. The lowest BCUT2D eigenvalue weighted by atomic mass is 10.0. The van der Waals surface area contributed by atoms with Crippen LogP contribution >= 0.6 is 0 Å². The summed E-state index contributed by atoms with van der Waals surface area (Å²) in [5.41, 5.74) is 9.18. The Balaban J connectivity index is 1.80. The summed E-state index contributed by atoms with van der Waals surface area (Å²) >= 11 is 0. The maximum atomic E-state index is 14.4. The number of aromatic nitrogens is 5. The van der Waals surface area contributed by atoms with Crippen LogP contribution in [-0.4, -0.2) is 24.5 Å². The van der Waals surface area contributed by atoms with E-state index in [0.717, 1.165) is 24.2 Å². The number of nitrogens with two attached hydrogens (primary N) is 1.